The van der Waals surface area contributed by atoms with Crippen LogP contribution < -0.4 is 5.32 Å². The zero-order valence-electron chi connectivity index (χ0n) is 9.33. The fourth-order valence-electron chi connectivity index (χ4n) is 2.39. The van der Waals surface area contributed by atoms with E-state index in [-0.39, 0.29) is 0 Å². The summed E-state index contributed by atoms with van der Waals surface area (Å²) in [6.45, 7) is 8.88. The fraction of sp³-hybridized carbons (Fsp3) is 1.00. The Kier molecular flexibility index (Phi) is 3.42. The molecular weight excluding hydrogens is 176 g/mol. The van der Waals surface area contributed by atoms with Gasteiger partial charge in [0.15, 0.2) is 0 Å². The van der Waals surface area contributed by atoms with Gasteiger partial charge in [0.2, 0.25) is 0 Å². The van der Waals surface area contributed by atoms with E-state index in [2.05, 4.69) is 24.1 Å². The summed E-state index contributed by atoms with van der Waals surface area (Å²) in [6.07, 6.45) is 2.49. The van der Waals surface area contributed by atoms with Crippen molar-refractivity contribution in [2.45, 2.75) is 44.8 Å². The third-order valence-electron chi connectivity index (χ3n) is 3.35. The van der Waals surface area contributed by atoms with Gasteiger partial charge < -0.3 is 10.1 Å². The summed E-state index contributed by atoms with van der Waals surface area (Å²) in [5.41, 5.74) is 0. The molecule has 2 fully saturated rings. The first kappa shape index (κ1) is 10.4. The van der Waals surface area contributed by atoms with Crippen molar-refractivity contribution in [3.05, 3.63) is 0 Å². The monoisotopic (exact) mass is 198 g/mol. The van der Waals surface area contributed by atoms with Crippen LogP contribution in [0.1, 0.15) is 26.7 Å². The number of rotatable bonds is 3. The van der Waals surface area contributed by atoms with E-state index < -0.39 is 0 Å². The van der Waals surface area contributed by atoms with Crippen LogP contribution in [0.2, 0.25) is 0 Å². The van der Waals surface area contributed by atoms with Crippen LogP contribution in [0.3, 0.4) is 0 Å². The predicted molar refractivity (Wildman–Crippen MR) is 57.5 cm³/mol. The minimum atomic E-state index is 0.618. The van der Waals surface area contributed by atoms with Gasteiger partial charge in [0.05, 0.1) is 6.61 Å². The number of ether oxygens (including phenoxy) is 1. The molecule has 2 unspecified atom stereocenters. The molecular formula is C11H22N2O. The van der Waals surface area contributed by atoms with Gasteiger partial charge in [-0.15, -0.1) is 0 Å². The van der Waals surface area contributed by atoms with Crippen LogP contribution in [0.25, 0.3) is 0 Å². The number of likely N-dealkylation sites (tertiary alicyclic amines) is 1. The lowest BCUT2D eigenvalue weighted by atomic mass is 10.2. The SMILES string of the molecule is CC(C)N1CCC(NC2CCOC2)C1. The van der Waals surface area contributed by atoms with Crippen LogP contribution in [0.15, 0.2) is 0 Å². The van der Waals surface area contributed by atoms with Gasteiger partial charge in [-0.1, -0.05) is 0 Å². The van der Waals surface area contributed by atoms with Crippen LogP contribution >= 0.6 is 0 Å². The Labute approximate surface area is 86.8 Å². The molecule has 0 saturated carbocycles. The Balaban J connectivity index is 1.72. The Morgan fingerprint density at radius 3 is 2.71 bits per heavy atom. The van der Waals surface area contributed by atoms with E-state index in [1.165, 1.54) is 25.9 Å². The van der Waals surface area contributed by atoms with E-state index in [0.717, 1.165) is 13.2 Å². The number of hydrogen-bond donors (Lipinski definition) is 1. The molecule has 2 aliphatic rings. The summed E-state index contributed by atoms with van der Waals surface area (Å²) in [5, 5.41) is 3.70. The average Bonchev–Trinajstić information content (AvgIpc) is 2.75. The minimum Gasteiger partial charge on any atom is -0.380 e. The van der Waals surface area contributed by atoms with E-state index in [1.807, 2.05) is 0 Å². The van der Waals surface area contributed by atoms with Crippen molar-refractivity contribution in [2.75, 3.05) is 26.3 Å². The van der Waals surface area contributed by atoms with Gasteiger partial charge in [-0.25, -0.2) is 0 Å². The molecule has 2 rings (SSSR count). The van der Waals surface area contributed by atoms with Crippen molar-refractivity contribution < 1.29 is 4.74 Å². The van der Waals surface area contributed by atoms with E-state index in [1.54, 1.807) is 0 Å². The van der Waals surface area contributed by atoms with Crippen molar-refractivity contribution in [2.24, 2.45) is 0 Å². The lowest BCUT2D eigenvalue weighted by Crippen LogP contribution is -2.41. The molecule has 0 aliphatic carbocycles. The topological polar surface area (TPSA) is 24.5 Å². The second kappa shape index (κ2) is 4.60. The zero-order chi connectivity index (χ0) is 9.97. The van der Waals surface area contributed by atoms with Gasteiger partial charge in [-0.05, 0) is 33.2 Å². The smallest absolute Gasteiger partial charge is 0.0620 e. The maximum atomic E-state index is 5.37. The normalized spacial score (nSPS) is 34.5. The van der Waals surface area contributed by atoms with Crippen molar-refractivity contribution in [1.29, 1.82) is 0 Å². The quantitative estimate of drug-likeness (QED) is 0.727. The molecule has 2 aliphatic heterocycles. The largest absolute Gasteiger partial charge is 0.380 e. The minimum absolute atomic E-state index is 0.618. The van der Waals surface area contributed by atoms with E-state index in [4.69, 9.17) is 4.74 Å². The molecule has 0 amide bonds. The van der Waals surface area contributed by atoms with Gasteiger partial charge in [0, 0.05) is 31.3 Å². The van der Waals surface area contributed by atoms with Crippen molar-refractivity contribution in [3.63, 3.8) is 0 Å². The molecule has 1 N–H and O–H groups in total. The maximum absolute atomic E-state index is 5.37. The van der Waals surface area contributed by atoms with Crippen LogP contribution in [0.4, 0.5) is 0 Å². The van der Waals surface area contributed by atoms with Gasteiger partial charge in [0.25, 0.3) is 0 Å². The third-order valence-corrected chi connectivity index (χ3v) is 3.35. The summed E-state index contributed by atoms with van der Waals surface area (Å²) >= 11 is 0. The Morgan fingerprint density at radius 2 is 2.14 bits per heavy atom. The fourth-order valence-corrected chi connectivity index (χ4v) is 2.39. The molecule has 3 heteroatoms. The molecule has 0 aromatic carbocycles. The molecule has 0 bridgehead atoms. The molecule has 2 atom stereocenters. The number of nitrogens with one attached hydrogen (secondary N) is 1. The van der Waals surface area contributed by atoms with Crippen LogP contribution in [-0.4, -0.2) is 49.3 Å². The maximum Gasteiger partial charge on any atom is 0.0620 e. The van der Waals surface area contributed by atoms with Gasteiger partial charge in [-0.2, -0.15) is 0 Å². The molecule has 0 radical (unpaired) electrons. The van der Waals surface area contributed by atoms with E-state index in [9.17, 15) is 0 Å². The Bertz CT molecular complexity index is 178. The molecule has 0 spiro atoms. The summed E-state index contributed by atoms with van der Waals surface area (Å²) in [5.74, 6) is 0. The summed E-state index contributed by atoms with van der Waals surface area (Å²) in [6, 6.07) is 2.01. The molecule has 2 saturated heterocycles. The highest BCUT2D eigenvalue weighted by Crippen LogP contribution is 2.14. The molecule has 0 aromatic heterocycles. The highest BCUT2D eigenvalue weighted by molar-refractivity contribution is 4.86. The second-order valence-corrected chi connectivity index (χ2v) is 4.80. The van der Waals surface area contributed by atoms with E-state index >= 15 is 0 Å². The highest BCUT2D eigenvalue weighted by atomic mass is 16.5. The highest BCUT2D eigenvalue weighted by Gasteiger charge is 2.27. The Hall–Kier alpha value is -0.120. The number of hydrogen-bond acceptors (Lipinski definition) is 3. The molecule has 14 heavy (non-hydrogen) atoms. The van der Waals surface area contributed by atoms with Gasteiger partial charge in [-0.3, -0.25) is 4.90 Å². The van der Waals surface area contributed by atoms with Crippen LogP contribution in [0, 0.1) is 0 Å². The Morgan fingerprint density at radius 1 is 1.29 bits per heavy atom. The summed E-state index contributed by atoms with van der Waals surface area (Å²) in [4.78, 5) is 2.55. The first-order valence-electron chi connectivity index (χ1n) is 5.83. The van der Waals surface area contributed by atoms with Crippen LogP contribution in [-0.2, 0) is 4.74 Å². The van der Waals surface area contributed by atoms with Crippen molar-refractivity contribution in [1.82, 2.24) is 10.2 Å². The molecule has 82 valence electrons. The van der Waals surface area contributed by atoms with E-state index in [0.29, 0.717) is 18.1 Å². The first-order valence-corrected chi connectivity index (χ1v) is 5.83. The molecule has 2 heterocycles. The van der Waals surface area contributed by atoms with Gasteiger partial charge in [0.1, 0.15) is 0 Å². The predicted octanol–water partition coefficient (Wildman–Crippen LogP) is 0.848. The lowest BCUT2D eigenvalue weighted by Gasteiger charge is -2.21. The van der Waals surface area contributed by atoms with Crippen LogP contribution in [0.5, 0.6) is 0 Å². The third kappa shape index (κ3) is 2.47. The summed E-state index contributed by atoms with van der Waals surface area (Å²) < 4.78 is 5.37. The molecule has 0 aromatic rings. The zero-order valence-corrected chi connectivity index (χ0v) is 9.33. The van der Waals surface area contributed by atoms with Crippen molar-refractivity contribution in [3.8, 4) is 0 Å². The molecule has 3 nitrogen and oxygen atoms in total. The second-order valence-electron chi connectivity index (χ2n) is 4.80. The van der Waals surface area contributed by atoms with Gasteiger partial charge >= 0.3 is 0 Å². The standard InChI is InChI=1S/C11H22N2O/c1-9(2)13-5-3-10(7-13)12-11-4-6-14-8-11/h9-12H,3-8H2,1-2H3. The lowest BCUT2D eigenvalue weighted by molar-refractivity contribution is 0.187. The van der Waals surface area contributed by atoms with Crippen molar-refractivity contribution >= 4 is 0 Å². The average molecular weight is 198 g/mol. The first-order chi connectivity index (χ1) is 6.75. The number of nitrogens with zero attached hydrogens (tertiary/aromatic N) is 1. The summed E-state index contributed by atoms with van der Waals surface area (Å²) in [7, 11) is 0.